The van der Waals surface area contributed by atoms with Crippen LogP contribution >= 0.6 is 0 Å². The Bertz CT molecular complexity index is 1290. The summed E-state index contributed by atoms with van der Waals surface area (Å²) in [6.07, 6.45) is 6.42. The van der Waals surface area contributed by atoms with Crippen LogP contribution in [0.2, 0.25) is 0 Å². The van der Waals surface area contributed by atoms with Gasteiger partial charge in [-0.3, -0.25) is 9.59 Å². The van der Waals surface area contributed by atoms with Crippen molar-refractivity contribution in [2.45, 2.75) is 89.3 Å². The average molecular weight is 595 g/mol. The molecule has 11 nitrogen and oxygen atoms in total. The molecule has 0 radical (unpaired) electrons. The van der Waals surface area contributed by atoms with Gasteiger partial charge < -0.3 is 24.3 Å². The number of carbonyl (C=O) groups is 3. The lowest BCUT2D eigenvalue weighted by Crippen LogP contribution is -2.49. The maximum absolute atomic E-state index is 13.0. The molecule has 1 N–H and O–H groups in total. The maximum atomic E-state index is 13.0. The number of ether oxygens (including phenoxy) is 4. The normalized spacial score (nSPS) is 21.6. The number of aromatic nitrogens is 2. The van der Waals surface area contributed by atoms with Crippen LogP contribution in [0.25, 0.3) is 0 Å². The molecule has 2 bridgehead atoms. The molecule has 1 unspecified atom stereocenters. The molecule has 0 spiro atoms. The van der Waals surface area contributed by atoms with Gasteiger partial charge in [-0.15, -0.1) is 0 Å². The van der Waals surface area contributed by atoms with Gasteiger partial charge in [-0.05, 0) is 82.6 Å². The van der Waals surface area contributed by atoms with Crippen molar-refractivity contribution >= 4 is 17.9 Å². The molecule has 232 valence electrons. The van der Waals surface area contributed by atoms with Crippen molar-refractivity contribution in [3.8, 4) is 5.75 Å². The quantitative estimate of drug-likeness (QED) is 0.284. The number of aryl methyl sites for hydroxylation is 1. The molecule has 3 amide bonds. The molecule has 2 fully saturated rings. The van der Waals surface area contributed by atoms with E-state index < -0.39 is 29.4 Å². The third-order valence-electron chi connectivity index (χ3n) is 7.93. The van der Waals surface area contributed by atoms with Crippen molar-refractivity contribution in [2.24, 2.45) is 0 Å². The minimum atomic E-state index is -0.928. The van der Waals surface area contributed by atoms with Gasteiger partial charge in [-0.1, -0.05) is 12.1 Å². The highest BCUT2D eigenvalue weighted by Gasteiger charge is 2.41. The highest BCUT2D eigenvalue weighted by Crippen LogP contribution is 2.35. The van der Waals surface area contributed by atoms with Crippen LogP contribution < -0.4 is 10.1 Å². The van der Waals surface area contributed by atoms with Crippen molar-refractivity contribution in [1.29, 1.82) is 0 Å². The molecule has 1 aromatic heterocycles. The van der Waals surface area contributed by atoms with Gasteiger partial charge in [0.1, 0.15) is 24.3 Å². The predicted octanol–water partition coefficient (Wildman–Crippen LogP) is 4.04. The zero-order valence-electron chi connectivity index (χ0n) is 25.3. The van der Waals surface area contributed by atoms with Gasteiger partial charge in [0.15, 0.2) is 0 Å². The molecule has 0 saturated carbocycles. The van der Waals surface area contributed by atoms with E-state index in [1.807, 2.05) is 0 Å². The van der Waals surface area contributed by atoms with E-state index in [2.05, 4.69) is 15.3 Å². The first kappa shape index (κ1) is 31.0. The Morgan fingerprint density at radius 2 is 1.72 bits per heavy atom. The summed E-state index contributed by atoms with van der Waals surface area (Å²) >= 11 is 0. The molecule has 2 saturated heterocycles. The molecule has 5 rings (SSSR count). The number of imide groups is 3. The van der Waals surface area contributed by atoms with Crippen LogP contribution in [0, 0.1) is 0 Å². The molecular formula is C32H42N4O7. The van der Waals surface area contributed by atoms with Gasteiger partial charge >= 0.3 is 6.09 Å². The third-order valence-corrected chi connectivity index (χ3v) is 7.93. The summed E-state index contributed by atoms with van der Waals surface area (Å²) in [6, 6.07) is 8.08. The minimum Gasteiger partial charge on any atom is -0.491 e. The fourth-order valence-electron chi connectivity index (χ4n) is 5.91. The zero-order chi connectivity index (χ0) is 30.4. The lowest BCUT2D eigenvalue weighted by atomic mass is 9.89. The fraction of sp³-hybridized carbons (Fsp3) is 0.594. The number of fused-ring (bicyclic) bond motifs is 4. The number of rotatable bonds is 12. The van der Waals surface area contributed by atoms with Gasteiger partial charge in [0.25, 0.3) is 0 Å². The molecule has 3 aliphatic heterocycles. The SMILES string of the molecule is CC(C)(C)OC(=O)N1C(=O)CCC(c2ccc(OCCOCCOCCCc3ncnc4c3C[C@@H]3CC[C@H]4N3)cc2)C1=O. The molecule has 4 heterocycles. The standard InChI is InChI=1S/C32H42N4O7/c1-32(2,3)43-31(39)36-28(37)13-11-24(30(36)38)21-6-9-23(10-7-21)42-18-17-41-16-15-40-14-4-5-26-25-19-22-8-12-27(35-22)29(25)34-20-33-26/h6-7,9-10,20,22,24,27,35H,4-5,8,11-19H2,1-3H3/t22-,24?,27+/m0/s1. The van der Waals surface area contributed by atoms with E-state index in [1.54, 1.807) is 51.4 Å². The fourth-order valence-corrected chi connectivity index (χ4v) is 5.91. The number of benzene rings is 1. The van der Waals surface area contributed by atoms with Gasteiger partial charge in [0.05, 0.1) is 37.5 Å². The number of nitrogens with zero attached hydrogens (tertiary/aromatic N) is 3. The summed E-state index contributed by atoms with van der Waals surface area (Å²) in [4.78, 5) is 47.5. The Morgan fingerprint density at radius 3 is 2.49 bits per heavy atom. The van der Waals surface area contributed by atoms with Crippen LogP contribution in [0.1, 0.15) is 87.3 Å². The first-order valence-corrected chi connectivity index (χ1v) is 15.3. The van der Waals surface area contributed by atoms with E-state index in [-0.39, 0.29) is 6.42 Å². The third kappa shape index (κ3) is 7.95. The number of amides is 3. The predicted molar refractivity (Wildman–Crippen MR) is 157 cm³/mol. The van der Waals surface area contributed by atoms with E-state index in [4.69, 9.17) is 18.9 Å². The number of hydrogen-bond acceptors (Lipinski definition) is 10. The molecular weight excluding hydrogens is 552 g/mol. The van der Waals surface area contributed by atoms with Crippen molar-refractivity contribution in [3.05, 3.63) is 53.1 Å². The minimum absolute atomic E-state index is 0.0946. The largest absolute Gasteiger partial charge is 0.491 e. The number of likely N-dealkylation sites (tertiary alicyclic amines) is 1. The summed E-state index contributed by atoms with van der Waals surface area (Å²) in [5.74, 6) is -1.05. The summed E-state index contributed by atoms with van der Waals surface area (Å²) < 4.78 is 22.4. The molecule has 1 aromatic carbocycles. The van der Waals surface area contributed by atoms with Crippen LogP contribution in [-0.2, 0) is 36.6 Å². The van der Waals surface area contributed by atoms with Crippen LogP contribution in [-0.4, -0.2) is 77.5 Å². The summed E-state index contributed by atoms with van der Waals surface area (Å²) in [5, 5.41) is 3.64. The van der Waals surface area contributed by atoms with Gasteiger partial charge in [0, 0.05) is 24.8 Å². The highest BCUT2D eigenvalue weighted by molar-refractivity contribution is 6.12. The molecule has 3 atom stereocenters. The van der Waals surface area contributed by atoms with Crippen molar-refractivity contribution in [1.82, 2.24) is 20.2 Å². The number of piperidine rings is 1. The van der Waals surface area contributed by atoms with Gasteiger partial charge in [-0.25, -0.2) is 14.8 Å². The van der Waals surface area contributed by atoms with Crippen LogP contribution in [0.5, 0.6) is 5.75 Å². The Labute approximate surface area is 252 Å². The van der Waals surface area contributed by atoms with Gasteiger partial charge in [-0.2, -0.15) is 4.90 Å². The number of hydrogen-bond donors (Lipinski definition) is 1. The number of nitrogens with one attached hydrogen (secondary N) is 1. The maximum Gasteiger partial charge on any atom is 0.424 e. The Balaban J connectivity index is 0.955. The van der Waals surface area contributed by atoms with E-state index in [9.17, 15) is 14.4 Å². The van der Waals surface area contributed by atoms with Crippen LogP contribution in [0.4, 0.5) is 4.79 Å². The Hall–Kier alpha value is -3.41. The molecule has 3 aliphatic rings. The first-order chi connectivity index (χ1) is 20.7. The monoisotopic (exact) mass is 594 g/mol. The number of carbonyl (C=O) groups excluding carboxylic acids is 3. The molecule has 11 heteroatoms. The van der Waals surface area contributed by atoms with Crippen molar-refractivity contribution in [2.75, 3.05) is 33.0 Å². The first-order valence-electron chi connectivity index (χ1n) is 15.3. The smallest absolute Gasteiger partial charge is 0.424 e. The highest BCUT2D eigenvalue weighted by atomic mass is 16.6. The van der Waals surface area contributed by atoms with Crippen LogP contribution in [0.15, 0.2) is 30.6 Å². The Kier molecular flexibility index (Phi) is 10.0. The second kappa shape index (κ2) is 13.9. The van der Waals surface area contributed by atoms with Crippen molar-refractivity contribution in [3.63, 3.8) is 0 Å². The van der Waals surface area contributed by atoms with Crippen molar-refractivity contribution < 1.29 is 33.3 Å². The molecule has 2 aromatic rings. The van der Waals surface area contributed by atoms with E-state index >= 15 is 0 Å². The topological polar surface area (TPSA) is 129 Å². The summed E-state index contributed by atoms with van der Waals surface area (Å²) in [6.45, 7) is 7.52. The van der Waals surface area contributed by atoms with Gasteiger partial charge in [0.2, 0.25) is 11.8 Å². The molecule has 0 aliphatic carbocycles. The lowest BCUT2D eigenvalue weighted by Gasteiger charge is -2.31. The van der Waals surface area contributed by atoms with E-state index in [0.717, 1.165) is 30.5 Å². The summed E-state index contributed by atoms with van der Waals surface area (Å²) in [7, 11) is 0. The second-order valence-corrected chi connectivity index (χ2v) is 12.3. The Morgan fingerprint density at radius 1 is 0.977 bits per heavy atom. The lowest BCUT2D eigenvalue weighted by molar-refractivity contribution is -0.147. The van der Waals surface area contributed by atoms with E-state index in [0.29, 0.717) is 62.2 Å². The average Bonchev–Trinajstić information content (AvgIpc) is 3.35. The zero-order valence-corrected chi connectivity index (χ0v) is 25.3. The molecule has 43 heavy (non-hydrogen) atoms. The van der Waals surface area contributed by atoms with Crippen LogP contribution in [0.3, 0.4) is 0 Å². The summed E-state index contributed by atoms with van der Waals surface area (Å²) in [5.41, 5.74) is 3.61. The second-order valence-electron chi connectivity index (χ2n) is 12.3. The van der Waals surface area contributed by atoms with E-state index in [1.165, 1.54) is 24.1 Å².